The largest absolute Gasteiger partial charge is 0.299 e. The first-order valence-corrected chi connectivity index (χ1v) is 7.36. The van der Waals surface area contributed by atoms with E-state index in [4.69, 9.17) is 0 Å². The van der Waals surface area contributed by atoms with Crippen LogP contribution in [0.15, 0.2) is 6.20 Å². The molecule has 1 unspecified atom stereocenters. The van der Waals surface area contributed by atoms with Gasteiger partial charge >= 0.3 is 0 Å². The standard InChI is InChI=1S/C16H26N2O/c1-7-16(8-2)13(9-14(16)19)12-10-18(15(4,5)6)17-11(12)3/h10,13H,7-9H2,1-6H3. The summed E-state index contributed by atoms with van der Waals surface area (Å²) in [4.78, 5) is 12.1. The highest BCUT2D eigenvalue weighted by Crippen LogP contribution is 2.55. The van der Waals surface area contributed by atoms with Gasteiger partial charge in [-0.1, -0.05) is 13.8 Å². The van der Waals surface area contributed by atoms with Crippen LogP contribution in [0.4, 0.5) is 0 Å². The average molecular weight is 262 g/mol. The van der Waals surface area contributed by atoms with Crippen LogP contribution < -0.4 is 0 Å². The molecule has 3 heteroatoms. The van der Waals surface area contributed by atoms with Gasteiger partial charge in [-0.2, -0.15) is 5.10 Å². The van der Waals surface area contributed by atoms with Crippen LogP contribution in [-0.2, 0) is 10.3 Å². The molecule has 1 aromatic rings. The van der Waals surface area contributed by atoms with Crippen LogP contribution in [0.5, 0.6) is 0 Å². The molecule has 1 aliphatic rings. The highest BCUT2D eigenvalue weighted by molar-refractivity contribution is 5.93. The lowest BCUT2D eigenvalue weighted by Gasteiger charge is -2.47. The van der Waals surface area contributed by atoms with Crippen LogP contribution in [0.25, 0.3) is 0 Å². The van der Waals surface area contributed by atoms with Crippen molar-refractivity contribution < 1.29 is 4.79 Å². The van der Waals surface area contributed by atoms with Crippen molar-refractivity contribution in [3.63, 3.8) is 0 Å². The second-order valence-corrected chi connectivity index (χ2v) is 6.83. The van der Waals surface area contributed by atoms with Crippen molar-refractivity contribution in [2.24, 2.45) is 5.41 Å². The monoisotopic (exact) mass is 262 g/mol. The molecule has 1 saturated carbocycles. The Morgan fingerprint density at radius 3 is 2.32 bits per heavy atom. The predicted octanol–water partition coefficient (Wildman–Crippen LogP) is 3.81. The lowest BCUT2D eigenvalue weighted by atomic mass is 9.54. The molecule has 1 aliphatic carbocycles. The number of ketones is 1. The fraction of sp³-hybridized carbons (Fsp3) is 0.750. The molecule has 1 heterocycles. The Kier molecular flexibility index (Phi) is 3.36. The molecule has 0 bridgehead atoms. The first-order chi connectivity index (χ1) is 8.76. The topological polar surface area (TPSA) is 34.9 Å². The molecule has 0 N–H and O–H groups in total. The molecule has 1 aromatic heterocycles. The molecule has 106 valence electrons. The minimum absolute atomic E-state index is 0.00213. The quantitative estimate of drug-likeness (QED) is 0.830. The molecule has 1 fully saturated rings. The number of rotatable bonds is 3. The van der Waals surface area contributed by atoms with E-state index in [-0.39, 0.29) is 11.0 Å². The minimum Gasteiger partial charge on any atom is -0.299 e. The normalized spacial score (nSPS) is 22.4. The van der Waals surface area contributed by atoms with Gasteiger partial charge in [-0.15, -0.1) is 0 Å². The van der Waals surface area contributed by atoms with Crippen LogP contribution in [0.1, 0.15) is 71.1 Å². The van der Waals surface area contributed by atoms with Gasteiger partial charge in [-0.3, -0.25) is 9.48 Å². The van der Waals surface area contributed by atoms with Gasteiger partial charge in [0.25, 0.3) is 0 Å². The number of Topliss-reactive ketones (excluding diaryl/α,β-unsaturated/α-hetero) is 1. The first-order valence-electron chi connectivity index (χ1n) is 7.36. The van der Waals surface area contributed by atoms with Crippen molar-refractivity contribution in [3.8, 4) is 0 Å². The Hall–Kier alpha value is -1.12. The molecule has 0 radical (unpaired) electrons. The van der Waals surface area contributed by atoms with Crippen molar-refractivity contribution in [3.05, 3.63) is 17.5 Å². The summed E-state index contributed by atoms with van der Waals surface area (Å²) in [7, 11) is 0. The number of carbonyl (C=O) groups excluding carboxylic acids is 1. The molecule has 2 rings (SSSR count). The SMILES string of the molecule is CCC1(CC)C(=O)CC1c1cn(C(C)(C)C)nc1C. The van der Waals surface area contributed by atoms with E-state index in [0.717, 1.165) is 18.5 Å². The molecule has 0 saturated heterocycles. The Morgan fingerprint density at radius 1 is 1.37 bits per heavy atom. The maximum Gasteiger partial charge on any atom is 0.140 e. The van der Waals surface area contributed by atoms with Gasteiger partial charge in [-0.05, 0) is 46.1 Å². The molecule has 3 nitrogen and oxygen atoms in total. The molecule has 0 amide bonds. The maximum atomic E-state index is 12.1. The van der Waals surface area contributed by atoms with Crippen LogP contribution in [0, 0.1) is 12.3 Å². The van der Waals surface area contributed by atoms with E-state index in [1.165, 1.54) is 5.56 Å². The number of aryl methyl sites for hydroxylation is 1. The molecule has 0 spiro atoms. The number of carbonyl (C=O) groups is 1. The van der Waals surface area contributed by atoms with E-state index < -0.39 is 0 Å². The van der Waals surface area contributed by atoms with Crippen molar-refractivity contribution in [1.29, 1.82) is 0 Å². The van der Waals surface area contributed by atoms with Crippen molar-refractivity contribution in [2.75, 3.05) is 0 Å². The molecule has 0 aromatic carbocycles. The lowest BCUT2D eigenvalue weighted by Crippen LogP contribution is -2.47. The van der Waals surface area contributed by atoms with Crippen molar-refractivity contribution >= 4 is 5.78 Å². The number of hydrogen-bond donors (Lipinski definition) is 0. The second-order valence-electron chi connectivity index (χ2n) is 6.83. The summed E-state index contributed by atoms with van der Waals surface area (Å²) in [6, 6.07) is 0. The fourth-order valence-electron chi connectivity index (χ4n) is 3.35. The van der Waals surface area contributed by atoms with Gasteiger partial charge in [0.1, 0.15) is 5.78 Å². The van der Waals surface area contributed by atoms with E-state index in [0.29, 0.717) is 18.1 Å². The molecular weight excluding hydrogens is 236 g/mol. The Bertz CT molecular complexity index is 489. The third-order valence-electron chi connectivity index (χ3n) is 4.87. The maximum absolute atomic E-state index is 12.1. The minimum atomic E-state index is -0.128. The van der Waals surface area contributed by atoms with Gasteiger partial charge in [0.15, 0.2) is 0 Å². The summed E-state index contributed by atoms with van der Waals surface area (Å²) in [5.74, 6) is 0.802. The van der Waals surface area contributed by atoms with Gasteiger partial charge < -0.3 is 0 Å². The van der Waals surface area contributed by atoms with E-state index in [9.17, 15) is 4.79 Å². The summed E-state index contributed by atoms with van der Waals surface area (Å²) < 4.78 is 2.04. The Labute approximate surface area is 116 Å². The summed E-state index contributed by atoms with van der Waals surface area (Å²) in [6.45, 7) is 12.8. The van der Waals surface area contributed by atoms with Crippen LogP contribution in [-0.4, -0.2) is 15.6 Å². The van der Waals surface area contributed by atoms with E-state index >= 15 is 0 Å². The summed E-state index contributed by atoms with van der Waals surface area (Å²) in [5.41, 5.74) is 2.23. The molecular formula is C16H26N2O. The van der Waals surface area contributed by atoms with Crippen LogP contribution in [0.3, 0.4) is 0 Å². The molecule has 0 aliphatic heterocycles. The van der Waals surface area contributed by atoms with Gasteiger partial charge in [0, 0.05) is 24.0 Å². The van der Waals surface area contributed by atoms with Crippen molar-refractivity contribution in [2.45, 2.75) is 72.3 Å². The number of aromatic nitrogens is 2. The third kappa shape index (κ3) is 2.03. The Morgan fingerprint density at radius 2 is 1.95 bits per heavy atom. The fourth-order valence-corrected chi connectivity index (χ4v) is 3.35. The smallest absolute Gasteiger partial charge is 0.140 e. The van der Waals surface area contributed by atoms with E-state index in [1.807, 2.05) is 4.68 Å². The average Bonchev–Trinajstić information content (AvgIpc) is 2.69. The lowest BCUT2D eigenvalue weighted by molar-refractivity contribution is -0.141. The van der Waals surface area contributed by atoms with E-state index in [1.54, 1.807) is 0 Å². The van der Waals surface area contributed by atoms with Gasteiger partial charge in [0.05, 0.1) is 11.2 Å². The third-order valence-corrected chi connectivity index (χ3v) is 4.87. The zero-order valence-electron chi connectivity index (χ0n) is 13.1. The Balaban J connectivity index is 2.39. The molecule has 19 heavy (non-hydrogen) atoms. The second kappa shape index (κ2) is 4.46. The van der Waals surface area contributed by atoms with E-state index in [2.05, 4.69) is 52.8 Å². The molecule has 1 atom stereocenters. The van der Waals surface area contributed by atoms with Gasteiger partial charge in [-0.25, -0.2) is 0 Å². The highest BCUT2D eigenvalue weighted by atomic mass is 16.1. The highest BCUT2D eigenvalue weighted by Gasteiger charge is 2.53. The van der Waals surface area contributed by atoms with Crippen LogP contribution in [0.2, 0.25) is 0 Å². The first kappa shape index (κ1) is 14.3. The van der Waals surface area contributed by atoms with Crippen LogP contribution >= 0.6 is 0 Å². The summed E-state index contributed by atoms with van der Waals surface area (Å²) in [5, 5.41) is 4.65. The van der Waals surface area contributed by atoms with Crippen molar-refractivity contribution in [1.82, 2.24) is 9.78 Å². The number of hydrogen-bond acceptors (Lipinski definition) is 2. The van der Waals surface area contributed by atoms with Gasteiger partial charge in [0.2, 0.25) is 0 Å². The zero-order chi connectivity index (χ0) is 14.4. The summed E-state index contributed by atoms with van der Waals surface area (Å²) >= 11 is 0. The summed E-state index contributed by atoms with van der Waals surface area (Å²) in [6.07, 6.45) is 4.73. The predicted molar refractivity (Wildman–Crippen MR) is 77.3 cm³/mol. The zero-order valence-corrected chi connectivity index (χ0v) is 13.1. The number of nitrogens with zero attached hydrogens (tertiary/aromatic N) is 2.